The van der Waals surface area contributed by atoms with Crippen LogP contribution in [-0.2, 0) is 13.1 Å². The average Bonchev–Trinajstić information content (AvgIpc) is 3.38. The van der Waals surface area contributed by atoms with Crippen LogP contribution in [-0.4, -0.2) is 53.9 Å². The topological polar surface area (TPSA) is 48.5 Å². The van der Waals surface area contributed by atoms with Crippen molar-refractivity contribution in [1.82, 2.24) is 20.1 Å². The quantitative estimate of drug-likeness (QED) is 0.650. The van der Waals surface area contributed by atoms with Gasteiger partial charge in [-0.05, 0) is 36.5 Å². The molecule has 1 saturated heterocycles. The number of likely N-dealkylation sites (N-methyl/N-ethyl adjacent to an activating group) is 1. The number of carbonyl (C=O) groups is 1. The largest absolute Gasteiger partial charge is 0.347 e. The third kappa shape index (κ3) is 5.11. The van der Waals surface area contributed by atoms with Gasteiger partial charge in [-0.15, -0.1) is 22.7 Å². The van der Waals surface area contributed by atoms with Crippen LogP contribution in [0.3, 0.4) is 0 Å². The fourth-order valence-electron chi connectivity index (χ4n) is 3.48. The lowest BCUT2D eigenvalue weighted by Gasteiger charge is -2.32. The summed E-state index contributed by atoms with van der Waals surface area (Å²) in [6, 6.07) is 12.6. The molecule has 1 N–H and O–H groups in total. The molecule has 1 amide bonds. The SMILES string of the molecule is Cc1nc(-c2cccs2)sc1C(=O)NCc1cccc(CN2CCN(C)CC2)c1. The maximum Gasteiger partial charge on any atom is 0.263 e. The summed E-state index contributed by atoms with van der Waals surface area (Å²) in [5, 5.41) is 6.01. The van der Waals surface area contributed by atoms with Crippen molar-refractivity contribution in [2.24, 2.45) is 0 Å². The van der Waals surface area contributed by atoms with Crippen LogP contribution in [0.25, 0.3) is 9.88 Å². The maximum atomic E-state index is 12.7. The Morgan fingerprint density at radius 3 is 2.69 bits per heavy atom. The number of nitrogens with one attached hydrogen (secondary N) is 1. The minimum absolute atomic E-state index is 0.0488. The number of aryl methyl sites for hydroxylation is 1. The standard InChI is InChI=1S/C22H26N4OS2/c1-16-20(29-22(24-16)19-7-4-12-28-19)21(27)23-14-17-5-3-6-18(13-17)15-26-10-8-25(2)9-11-26/h3-7,12-13H,8-11,14-15H2,1-2H3,(H,23,27). The van der Waals surface area contributed by atoms with E-state index in [-0.39, 0.29) is 5.91 Å². The van der Waals surface area contributed by atoms with Crippen LogP contribution < -0.4 is 5.32 Å². The molecule has 3 aromatic rings. The van der Waals surface area contributed by atoms with E-state index in [2.05, 4.69) is 51.4 Å². The molecule has 5 nitrogen and oxygen atoms in total. The molecule has 29 heavy (non-hydrogen) atoms. The summed E-state index contributed by atoms with van der Waals surface area (Å²) >= 11 is 3.11. The maximum absolute atomic E-state index is 12.7. The van der Waals surface area contributed by atoms with E-state index >= 15 is 0 Å². The molecule has 0 aliphatic carbocycles. The summed E-state index contributed by atoms with van der Waals surface area (Å²) in [4.78, 5) is 23.9. The van der Waals surface area contributed by atoms with Crippen LogP contribution in [0, 0.1) is 6.92 Å². The molecule has 0 radical (unpaired) electrons. The Balaban J connectivity index is 1.36. The van der Waals surface area contributed by atoms with Crippen molar-refractivity contribution < 1.29 is 4.79 Å². The van der Waals surface area contributed by atoms with Gasteiger partial charge in [0.15, 0.2) is 0 Å². The Morgan fingerprint density at radius 1 is 1.14 bits per heavy atom. The third-order valence-electron chi connectivity index (χ3n) is 5.18. The van der Waals surface area contributed by atoms with Crippen molar-refractivity contribution in [3.05, 3.63) is 63.5 Å². The number of amides is 1. The summed E-state index contributed by atoms with van der Waals surface area (Å²) in [6.07, 6.45) is 0. The van der Waals surface area contributed by atoms with Crippen LogP contribution in [0.15, 0.2) is 41.8 Å². The fourth-order valence-corrected chi connectivity index (χ4v) is 5.26. The van der Waals surface area contributed by atoms with Gasteiger partial charge in [0.05, 0.1) is 10.6 Å². The highest BCUT2D eigenvalue weighted by molar-refractivity contribution is 7.22. The lowest BCUT2D eigenvalue weighted by atomic mass is 10.1. The second-order valence-corrected chi connectivity index (χ2v) is 9.44. The van der Waals surface area contributed by atoms with Crippen LogP contribution in [0.5, 0.6) is 0 Å². The molecule has 0 spiro atoms. The first-order valence-electron chi connectivity index (χ1n) is 9.87. The van der Waals surface area contributed by atoms with E-state index in [9.17, 15) is 4.79 Å². The van der Waals surface area contributed by atoms with E-state index in [0.717, 1.165) is 53.9 Å². The molecule has 2 aromatic heterocycles. The van der Waals surface area contributed by atoms with Crippen molar-refractivity contribution in [3.63, 3.8) is 0 Å². The lowest BCUT2D eigenvalue weighted by Crippen LogP contribution is -2.43. The summed E-state index contributed by atoms with van der Waals surface area (Å²) in [5.41, 5.74) is 3.22. The van der Waals surface area contributed by atoms with Crippen molar-refractivity contribution in [3.8, 4) is 9.88 Å². The van der Waals surface area contributed by atoms with Gasteiger partial charge in [0.2, 0.25) is 0 Å². The van der Waals surface area contributed by atoms with E-state index in [0.29, 0.717) is 11.4 Å². The molecule has 1 aliphatic rings. The first-order valence-corrected chi connectivity index (χ1v) is 11.6. The number of nitrogens with zero attached hydrogens (tertiary/aromatic N) is 3. The van der Waals surface area contributed by atoms with Gasteiger partial charge in [-0.1, -0.05) is 30.3 Å². The Labute approximate surface area is 180 Å². The Kier molecular flexibility index (Phi) is 6.40. The predicted molar refractivity (Wildman–Crippen MR) is 121 cm³/mol. The minimum Gasteiger partial charge on any atom is -0.347 e. The molecule has 1 fully saturated rings. The smallest absolute Gasteiger partial charge is 0.263 e. The van der Waals surface area contributed by atoms with Gasteiger partial charge in [0, 0.05) is 39.3 Å². The molecule has 152 valence electrons. The van der Waals surface area contributed by atoms with Gasteiger partial charge >= 0.3 is 0 Å². The zero-order valence-corrected chi connectivity index (χ0v) is 18.5. The zero-order valence-electron chi connectivity index (χ0n) is 16.9. The summed E-state index contributed by atoms with van der Waals surface area (Å²) in [7, 11) is 2.18. The molecule has 0 bridgehead atoms. The number of hydrogen-bond donors (Lipinski definition) is 1. The number of thiophene rings is 1. The number of hydrogen-bond acceptors (Lipinski definition) is 6. The van der Waals surface area contributed by atoms with Gasteiger partial charge in [0.1, 0.15) is 9.88 Å². The highest BCUT2D eigenvalue weighted by atomic mass is 32.1. The average molecular weight is 427 g/mol. The molecule has 1 aromatic carbocycles. The van der Waals surface area contributed by atoms with Gasteiger partial charge < -0.3 is 10.2 Å². The molecular weight excluding hydrogens is 400 g/mol. The molecule has 3 heterocycles. The highest BCUT2D eigenvalue weighted by Gasteiger charge is 2.17. The summed E-state index contributed by atoms with van der Waals surface area (Å²) in [5.74, 6) is -0.0488. The second kappa shape index (κ2) is 9.17. The lowest BCUT2D eigenvalue weighted by molar-refractivity contribution is 0.0954. The van der Waals surface area contributed by atoms with Crippen molar-refractivity contribution in [1.29, 1.82) is 0 Å². The van der Waals surface area contributed by atoms with Crippen LogP contribution >= 0.6 is 22.7 Å². The molecule has 7 heteroatoms. The summed E-state index contributed by atoms with van der Waals surface area (Å²) < 4.78 is 0. The fraction of sp³-hybridized carbons (Fsp3) is 0.364. The number of aromatic nitrogens is 1. The van der Waals surface area contributed by atoms with Crippen molar-refractivity contribution >= 4 is 28.6 Å². The number of rotatable bonds is 6. The van der Waals surface area contributed by atoms with Crippen LogP contribution in [0.1, 0.15) is 26.5 Å². The number of benzene rings is 1. The molecule has 0 saturated carbocycles. The number of piperazine rings is 1. The van der Waals surface area contributed by atoms with Crippen molar-refractivity contribution in [2.45, 2.75) is 20.0 Å². The van der Waals surface area contributed by atoms with E-state index in [4.69, 9.17) is 0 Å². The molecule has 0 atom stereocenters. The van der Waals surface area contributed by atoms with E-state index in [1.54, 1.807) is 11.3 Å². The first-order chi connectivity index (χ1) is 14.1. The van der Waals surface area contributed by atoms with E-state index in [1.165, 1.54) is 16.9 Å². The number of carbonyl (C=O) groups excluding carboxylic acids is 1. The van der Waals surface area contributed by atoms with Crippen molar-refractivity contribution in [2.75, 3.05) is 33.2 Å². The Morgan fingerprint density at radius 2 is 1.93 bits per heavy atom. The van der Waals surface area contributed by atoms with Crippen LogP contribution in [0.4, 0.5) is 0 Å². The van der Waals surface area contributed by atoms with Gasteiger partial charge in [-0.3, -0.25) is 9.69 Å². The normalized spacial score (nSPS) is 15.5. The van der Waals surface area contributed by atoms with Gasteiger partial charge in [-0.2, -0.15) is 0 Å². The Bertz CT molecular complexity index is 959. The molecular formula is C22H26N4OS2. The molecule has 0 unspecified atom stereocenters. The Hall–Kier alpha value is -2.06. The monoisotopic (exact) mass is 426 g/mol. The number of thiazole rings is 1. The molecule has 1 aliphatic heterocycles. The summed E-state index contributed by atoms with van der Waals surface area (Å²) in [6.45, 7) is 7.85. The van der Waals surface area contributed by atoms with Gasteiger partial charge in [0.25, 0.3) is 5.91 Å². The second-order valence-electron chi connectivity index (χ2n) is 7.49. The van der Waals surface area contributed by atoms with Gasteiger partial charge in [-0.25, -0.2) is 4.98 Å². The minimum atomic E-state index is -0.0488. The highest BCUT2D eigenvalue weighted by Crippen LogP contribution is 2.31. The zero-order chi connectivity index (χ0) is 20.2. The first kappa shape index (κ1) is 20.2. The predicted octanol–water partition coefficient (Wildman–Crippen LogP) is 3.86. The van der Waals surface area contributed by atoms with Crippen LogP contribution in [0.2, 0.25) is 0 Å². The van der Waals surface area contributed by atoms with E-state index < -0.39 is 0 Å². The van der Waals surface area contributed by atoms with E-state index in [1.807, 2.05) is 24.4 Å². The third-order valence-corrected chi connectivity index (χ3v) is 7.38. The molecule has 4 rings (SSSR count).